The molecule has 1 N–H and O–H groups in total. The van der Waals surface area contributed by atoms with E-state index in [0.29, 0.717) is 25.3 Å². The Labute approximate surface area is 219 Å². The van der Waals surface area contributed by atoms with Crippen molar-refractivity contribution in [3.05, 3.63) is 11.6 Å². The van der Waals surface area contributed by atoms with Crippen LogP contribution in [0.1, 0.15) is 80.1 Å². The normalized spacial score (nSPS) is 58.5. The number of carbonyl (C=O) groups is 3. The van der Waals surface area contributed by atoms with Crippen LogP contribution in [0, 0.1) is 45.8 Å². The summed E-state index contributed by atoms with van der Waals surface area (Å²) in [5, 5.41) is 12.8. The number of hydrogen-bond acceptors (Lipinski definition) is 7. The van der Waals surface area contributed by atoms with Gasteiger partial charge in [0.2, 0.25) is 5.72 Å². The third-order valence-corrected chi connectivity index (χ3v) is 12.8. The smallest absolute Gasteiger partial charge is 0.308 e. The SMILES string of the molecule is CC1=CC(=O)[C@@H]2[C@@H](C1)[C@@]1(C)[C@H](C(=O)[C@@H]2C)[C@]2(C)CC(=O)O[C@@]3([C@H]1O)N1C[C@H]4C[C@H](C)CC1(CC[C@@]23C)O4. The number of ether oxygens (including phenoxy) is 2. The molecule has 0 radical (unpaired) electrons. The van der Waals surface area contributed by atoms with Gasteiger partial charge >= 0.3 is 5.97 Å². The highest BCUT2D eigenvalue weighted by Crippen LogP contribution is 2.78. The molecular formula is C30H41NO6. The van der Waals surface area contributed by atoms with Gasteiger partial charge in [-0.1, -0.05) is 40.2 Å². The van der Waals surface area contributed by atoms with E-state index >= 15 is 0 Å². The molecule has 1 spiro atoms. The summed E-state index contributed by atoms with van der Waals surface area (Å²) in [7, 11) is 0. The molecule has 0 aromatic carbocycles. The average Bonchev–Trinajstić information content (AvgIpc) is 3.08. The van der Waals surface area contributed by atoms with E-state index in [2.05, 4.69) is 25.7 Å². The van der Waals surface area contributed by atoms with Crippen LogP contribution in [0.5, 0.6) is 0 Å². The van der Waals surface area contributed by atoms with E-state index in [-0.39, 0.29) is 36.0 Å². The number of aliphatic hydroxyl groups excluding tert-OH is 1. The minimum Gasteiger partial charge on any atom is -0.440 e. The third kappa shape index (κ3) is 2.46. The largest absolute Gasteiger partial charge is 0.440 e. The summed E-state index contributed by atoms with van der Waals surface area (Å²) in [6.45, 7) is 13.0. The Kier molecular flexibility index (Phi) is 4.59. The minimum atomic E-state index is -1.30. The summed E-state index contributed by atoms with van der Waals surface area (Å²) >= 11 is 0. The van der Waals surface area contributed by atoms with E-state index in [1.165, 1.54) is 0 Å². The van der Waals surface area contributed by atoms with Gasteiger partial charge in [0.25, 0.3) is 0 Å². The molecule has 4 heterocycles. The van der Waals surface area contributed by atoms with Crippen LogP contribution in [0.4, 0.5) is 0 Å². The molecule has 7 rings (SSSR count). The minimum absolute atomic E-state index is 0.00563. The van der Waals surface area contributed by atoms with Gasteiger partial charge in [-0.15, -0.1) is 0 Å². The first kappa shape index (κ1) is 24.5. The van der Waals surface area contributed by atoms with Crippen molar-refractivity contribution in [2.24, 2.45) is 45.8 Å². The van der Waals surface area contributed by atoms with E-state index in [0.717, 1.165) is 24.8 Å². The van der Waals surface area contributed by atoms with Crippen molar-refractivity contribution in [2.75, 3.05) is 6.54 Å². The molecule has 0 aromatic rings. The number of ketones is 2. The van der Waals surface area contributed by atoms with Crippen molar-refractivity contribution in [1.82, 2.24) is 4.90 Å². The van der Waals surface area contributed by atoms with Gasteiger partial charge in [0.05, 0.1) is 12.5 Å². The van der Waals surface area contributed by atoms with E-state index in [1.54, 1.807) is 6.08 Å². The standard InChI is InChI=1S/C30H41NO6/c1-15-10-19-22(20(32)11-15)17(3)23(34)24-26(4)13-21(33)37-30(25(35)28(19,24)6)27(26,5)7-8-29-12-16(2)9-18(36-29)14-31(29)30/h11,16-19,22,24-25,35H,7-10,12-14H2,1-6H3/t16-,17+,18+,19+,22-,24+,25-,26-,27-,28-,29?,30+/m0/s1. The summed E-state index contributed by atoms with van der Waals surface area (Å²) in [5.41, 5.74) is -3.16. The lowest BCUT2D eigenvalue weighted by atomic mass is 9.32. The number of piperidine rings is 1. The van der Waals surface area contributed by atoms with E-state index in [1.807, 2.05) is 20.8 Å². The fraction of sp³-hybridized carbons (Fsp3) is 0.833. The Balaban J connectivity index is 1.49. The van der Waals surface area contributed by atoms with Crippen LogP contribution in [0.3, 0.4) is 0 Å². The maximum absolute atomic E-state index is 14.4. The molecule has 202 valence electrons. The number of nitrogens with zero attached hydrogens (tertiary/aromatic N) is 1. The highest BCUT2D eigenvalue weighted by molar-refractivity contribution is 6.00. The van der Waals surface area contributed by atoms with E-state index in [9.17, 15) is 19.5 Å². The topological polar surface area (TPSA) is 93.1 Å². The Bertz CT molecular complexity index is 1160. The van der Waals surface area contributed by atoms with Crippen LogP contribution in [0.15, 0.2) is 11.6 Å². The number of aliphatic hydroxyl groups is 1. The van der Waals surface area contributed by atoms with Crippen molar-refractivity contribution in [1.29, 1.82) is 0 Å². The summed E-state index contributed by atoms with van der Waals surface area (Å²) < 4.78 is 13.2. The molecule has 7 aliphatic rings. The Morgan fingerprint density at radius 1 is 1.11 bits per heavy atom. The van der Waals surface area contributed by atoms with Gasteiger partial charge in [0, 0.05) is 35.1 Å². The van der Waals surface area contributed by atoms with Gasteiger partial charge in [-0.05, 0) is 62.4 Å². The van der Waals surface area contributed by atoms with Gasteiger partial charge in [-0.2, -0.15) is 0 Å². The Morgan fingerprint density at radius 2 is 1.84 bits per heavy atom. The fourth-order valence-electron chi connectivity index (χ4n) is 11.3. The van der Waals surface area contributed by atoms with Crippen LogP contribution < -0.4 is 0 Å². The predicted molar refractivity (Wildman–Crippen MR) is 134 cm³/mol. The number of carbonyl (C=O) groups excluding carboxylic acids is 3. The maximum atomic E-state index is 14.4. The zero-order valence-corrected chi connectivity index (χ0v) is 23.0. The lowest BCUT2D eigenvalue weighted by molar-refractivity contribution is -0.412. The first-order chi connectivity index (χ1) is 17.2. The molecule has 37 heavy (non-hydrogen) atoms. The first-order valence-electron chi connectivity index (χ1n) is 14.4. The molecule has 1 unspecified atom stereocenters. The van der Waals surface area contributed by atoms with Crippen molar-refractivity contribution >= 4 is 17.5 Å². The summed E-state index contributed by atoms with van der Waals surface area (Å²) in [6.07, 6.45) is 4.72. The molecule has 4 saturated heterocycles. The molecule has 12 atom stereocenters. The molecule has 0 aromatic heterocycles. The molecule has 7 heteroatoms. The third-order valence-electron chi connectivity index (χ3n) is 12.8. The zero-order valence-electron chi connectivity index (χ0n) is 23.0. The number of Topliss-reactive ketones (excluding diaryl/α,β-unsaturated/α-hetero) is 1. The molecule has 4 bridgehead atoms. The quantitative estimate of drug-likeness (QED) is 0.497. The summed E-state index contributed by atoms with van der Waals surface area (Å²) in [4.78, 5) is 43.6. The summed E-state index contributed by atoms with van der Waals surface area (Å²) in [5.74, 6) is -1.48. The van der Waals surface area contributed by atoms with Crippen LogP contribution >= 0.6 is 0 Å². The van der Waals surface area contributed by atoms with Crippen LogP contribution in [-0.4, -0.2) is 57.7 Å². The van der Waals surface area contributed by atoms with Crippen LogP contribution in [0.25, 0.3) is 0 Å². The van der Waals surface area contributed by atoms with Gasteiger partial charge in [-0.25, -0.2) is 4.90 Å². The second-order valence-electron chi connectivity index (χ2n) is 14.6. The lowest BCUT2D eigenvalue weighted by Gasteiger charge is -2.78. The highest BCUT2D eigenvalue weighted by Gasteiger charge is 2.86. The molecule has 6 fully saturated rings. The fourth-order valence-corrected chi connectivity index (χ4v) is 11.3. The second-order valence-corrected chi connectivity index (χ2v) is 14.6. The van der Waals surface area contributed by atoms with Crippen molar-refractivity contribution in [3.8, 4) is 0 Å². The molecular weight excluding hydrogens is 470 g/mol. The van der Waals surface area contributed by atoms with Crippen molar-refractivity contribution in [2.45, 2.75) is 104 Å². The van der Waals surface area contributed by atoms with Gasteiger partial charge in [-0.3, -0.25) is 14.4 Å². The lowest BCUT2D eigenvalue weighted by Crippen LogP contribution is -2.88. The monoisotopic (exact) mass is 511 g/mol. The van der Waals surface area contributed by atoms with E-state index < -0.39 is 51.6 Å². The predicted octanol–water partition coefficient (Wildman–Crippen LogP) is 3.63. The molecule has 4 aliphatic heterocycles. The maximum Gasteiger partial charge on any atom is 0.308 e. The number of hydrogen-bond donors (Lipinski definition) is 1. The Morgan fingerprint density at radius 3 is 2.57 bits per heavy atom. The van der Waals surface area contributed by atoms with Crippen LogP contribution in [-0.2, 0) is 23.9 Å². The van der Waals surface area contributed by atoms with Gasteiger partial charge in [0.1, 0.15) is 17.6 Å². The van der Waals surface area contributed by atoms with E-state index in [4.69, 9.17) is 9.47 Å². The Hall–Kier alpha value is -1.57. The van der Waals surface area contributed by atoms with Gasteiger partial charge in [0.15, 0.2) is 5.78 Å². The second kappa shape index (κ2) is 6.95. The average molecular weight is 512 g/mol. The van der Waals surface area contributed by atoms with Gasteiger partial charge < -0.3 is 14.6 Å². The highest BCUT2D eigenvalue weighted by atomic mass is 16.6. The van der Waals surface area contributed by atoms with Crippen molar-refractivity contribution < 1.29 is 29.0 Å². The number of rotatable bonds is 0. The van der Waals surface area contributed by atoms with Crippen LogP contribution in [0.2, 0.25) is 0 Å². The molecule has 0 amide bonds. The summed E-state index contributed by atoms with van der Waals surface area (Å²) in [6, 6.07) is 0. The first-order valence-corrected chi connectivity index (χ1v) is 14.4. The zero-order chi connectivity index (χ0) is 26.5. The van der Waals surface area contributed by atoms with Crippen molar-refractivity contribution in [3.63, 3.8) is 0 Å². The number of esters is 1. The number of allylic oxidation sites excluding steroid dienone is 2. The molecule has 2 saturated carbocycles. The molecule has 3 aliphatic carbocycles. The molecule has 7 nitrogen and oxygen atoms in total. The number of fused-ring (bicyclic) bond motifs is 5.